The Bertz CT molecular complexity index is 375. The summed E-state index contributed by atoms with van der Waals surface area (Å²) < 4.78 is 0. The summed E-state index contributed by atoms with van der Waals surface area (Å²) in [6, 6.07) is 4.94. The highest BCUT2D eigenvalue weighted by atomic mass is 35.5. The van der Waals surface area contributed by atoms with Crippen molar-refractivity contribution >= 4 is 11.6 Å². The minimum atomic E-state index is -0.715. The Morgan fingerprint density at radius 2 is 2.00 bits per heavy atom. The van der Waals surface area contributed by atoms with Crippen molar-refractivity contribution in [1.82, 2.24) is 5.32 Å². The molecule has 88 valence electrons. The number of halogens is 1. The van der Waals surface area contributed by atoms with E-state index in [2.05, 4.69) is 5.32 Å². The molecular formula is C12H16ClNO2. The molecule has 3 nitrogen and oxygen atoms in total. The molecule has 1 heterocycles. The number of piperidine rings is 1. The Hall–Kier alpha value is -0.770. The molecule has 0 saturated carbocycles. The second kappa shape index (κ2) is 4.62. The molecule has 1 aromatic carbocycles. The molecule has 1 aromatic rings. The van der Waals surface area contributed by atoms with Crippen molar-refractivity contribution in [1.29, 1.82) is 0 Å². The van der Waals surface area contributed by atoms with Crippen LogP contribution >= 0.6 is 11.6 Å². The number of phenolic OH excluding ortho intramolecular Hbond substituents is 1. The number of phenols is 1. The van der Waals surface area contributed by atoms with Crippen molar-refractivity contribution in [3.8, 4) is 5.75 Å². The van der Waals surface area contributed by atoms with Crippen LogP contribution < -0.4 is 5.32 Å². The van der Waals surface area contributed by atoms with Crippen molar-refractivity contribution in [3.05, 3.63) is 28.8 Å². The number of aliphatic hydroxyl groups is 1. The highest BCUT2D eigenvalue weighted by Crippen LogP contribution is 2.29. The van der Waals surface area contributed by atoms with Gasteiger partial charge in [0.25, 0.3) is 0 Å². The Morgan fingerprint density at radius 3 is 2.69 bits per heavy atom. The fourth-order valence-corrected chi connectivity index (χ4v) is 2.31. The second-order valence-corrected chi connectivity index (χ2v) is 4.86. The maximum absolute atomic E-state index is 10.3. The molecule has 4 heteroatoms. The third-order valence-electron chi connectivity index (χ3n) is 3.10. The van der Waals surface area contributed by atoms with Gasteiger partial charge in [-0.05, 0) is 49.7 Å². The topological polar surface area (TPSA) is 52.5 Å². The first kappa shape index (κ1) is 11.7. The maximum atomic E-state index is 10.3. The predicted octanol–water partition coefficient (Wildman–Crippen LogP) is 1.70. The highest BCUT2D eigenvalue weighted by molar-refractivity contribution is 6.30. The first-order valence-electron chi connectivity index (χ1n) is 5.50. The molecule has 0 radical (unpaired) electrons. The van der Waals surface area contributed by atoms with E-state index in [0.717, 1.165) is 18.7 Å². The molecule has 0 aliphatic carbocycles. The molecule has 3 N–H and O–H groups in total. The molecule has 0 atom stereocenters. The van der Waals surface area contributed by atoms with Crippen LogP contribution in [0.15, 0.2) is 18.2 Å². The summed E-state index contributed by atoms with van der Waals surface area (Å²) in [7, 11) is 0. The number of nitrogens with one attached hydrogen (secondary N) is 1. The van der Waals surface area contributed by atoms with Gasteiger partial charge in [-0.15, -0.1) is 0 Å². The van der Waals surface area contributed by atoms with Gasteiger partial charge >= 0.3 is 0 Å². The van der Waals surface area contributed by atoms with Crippen LogP contribution in [0.3, 0.4) is 0 Å². The predicted molar refractivity (Wildman–Crippen MR) is 63.9 cm³/mol. The van der Waals surface area contributed by atoms with Crippen molar-refractivity contribution in [2.75, 3.05) is 13.1 Å². The van der Waals surface area contributed by atoms with E-state index < -0.39 is 5.60 Å². The molecule has 0 amide bonds. The van der Waals surface area contributed by atoms with Gasteiger partial charge in [0.05, 0.1) is 5.60 Å². The molecule has 16 heavy (non-hydrogen) atoms. The van der Waals surface area contributed by atoms with Crippen molar-refractivity contribution in [2.24, 2.45) is 0 Å². The molecule has 1 saturated heterocycles. The zero-order valence-electron chi connectivity index (χ0n) is 9.04. The fourth-order valence-electron chi connectivity index (χ4n) is 2.12. The van der Waals surface area contributed by atoms with Crippen LogP contribution in [0.4, 0.5) is 0 Å². The van der Waals surface area contributed by atoms with E-state index in [9.17, 15) is 10.2 Å². The minimum Gasteiger partial charge on any atom is -0.508 e. The van der Waals surface area contributed by atoms with Gasteiger partial charge < -0.3 is 15.5 Å². The monoisotopic (exact) mass is 241 g/mol. The van der Waals surface area contributed by atoms with Crippen LogP contribution in [0.1, 0.15) is 18.4 Å². The van der Waals surface area contributed by atoms with Gasteiger partial charge in [0.15, 0.2) is 0 Å². The summed E-state index contributed by atoms with van der Waals surface area (Å²) in [4.78, 5) is 0. The lowest BCUT2D eigenvalue weighted by Crippen LogP contribution is -2.43. The highest BCUT2D eigenvalue weighted by Gasteiger charge is 2.30. The van der Waals surface area contributed by atoms with Gasteiger partial charge in [-0.1, -0.05) is 11.6 Å². The first-order chi connectivity index (χ1) is 7.59. The summed E-state index contributed by atoms with van der Waals surface area (Å²) >= 11 is 5.87. The van der Waals surface area contributed by atoms with E-state index in [0.29, 0.717) is 24.3 Å². The summed E-state index contributed by atoms with van der Waals surface area (Å²) in [5.41, 5.74) is 0.00448. The standard InChI is InChI=1S/C12H16ClNO2/c13-10-1-2-11(15)9(7-10)8-12(16)3-5-14-6-4-12/h1-2,7,14-16H,3-6,8H2. The van der Waals surface area contributed by atoms with Crippen LogP contribution in [0.25, 0.3) is 0 Å². The van der Waals surface area contributed by atoms with Gasteiger partial charge in [-0.25, -0.2) is 0 Å². The molecule has 2 rings (SSSR count). The Balaban J connectivity index is 2.15. The average molecular weight is 242 g/mol. The first-order valence-corrected chi connectivity index (χ1v) is 5.87. The van der Waals surface area contributed by atoms with Crippen LogP contribution in [0.2, 0.25) is 5.02 Å². The zero-order chi connectivity index (χ0) is 11.6. The maximum Gasteiger partial charge on any atom is 0.118 e. The smallest absolute Gasteiger partial charge is 0.118 e. The van der Waals surface area contributed by atoms with Crippen molar-refractivity contribution in [2.45, 2.75) is 24.9 Å². The van der Waals surface area contributed by atoms with E-state index >= 15 is 0 Å². The van der Waals surface area contributed by atoms with Gasteiger partial charge in [-0.3, -0.25) is 0 Å². The number of hydrogen-bond donors (Lipinski definition) is 3. The third kappa shape index (κ3) is 2.67. The van der Waals surface area contributed by atoms with Gasteiger partial charge in [0.2, 0.25) is 0 Å². The summed E-state index contributed by atoms with van der Waals surface area (Å²) in [6.45, 7) is 1.63. The number of hydrogen-bond acceptors (Lipinski definition) is 3. The zero-order valence-corrected chi connectivity index (χ0v) is 9.80. The lowest BCUT2D eigenvalue weighted by atomic mass is 9.86. The lowest BCUT2D eigenvalue weighted by Gasteiger charge is -2.32. The molecule has 0 spiro atoms. The Labute approximate surface area is 100 Å². The average Bonchev–Trinajstić information content (AvgIpc) is 2.24. The normalized spacial score (nSPS) is 19.6. The van der Waals surface area contributed by atoms with Crippen molar-refractivity contribution < 1.29 is 10.2 Å². The number of rotatable bonds is 2. The second-order valence-electron chi connectivity index (χ2n) is 4.42. The third-order valence-corrected chi connectivity index (χ3v) is 3.33. The molecule has 0 unspecified atom stereocenters. The molecule has 1 fully saturated rings. The Morgan fingerprint density at radius 1 is 1.31 bits per heavy atom. The molecule has 1 aliphatic heterocycles. The van der Waals surface area contributed by atoms with Gasteiger partial charge in [0, 0.05) is 11.4 Å². The number of aromatic hydroxyl groups is 1. The van der Waals surface area contributed by atoms with E-state index in [1.165, 1.54) is 0 Å². The fraction of sp³-hybridized carbons (Fsp3) is 0.500. The lowest BCUT2D eigenvalue weighted by molar-refractivity contribution is 0.0104. The van der Waals surface area contributed by atoms with E-state index in [-0.39, 0.29) is 5.75 Å². The Kier molecular flexibility index (Phi) is 3.38. The molecule has 0 aromatic heterocycles. The largest absolute Gasteiger partial charge is 0.508 e. The van der Waals surface area contributed by atoms with E-state index in [4.69, 9.17) is 11.6 Å². The van der Waals surface area contributed by atoms with Gasteiger partial charge in [-0.2, -0.15) is 0 Å². The summed E-state index contributed by atoms with van der Waals surface area (Å²) in [5, 5.41) is 23.8. The van der Waals surface area contributed by atoms with Crippen LogP contribution in [0.5, 0.6) is 5.75 Å². The summed E-state index contributed by atoms with van der Waals surface area (Å²) in [5.74, 6) is 0.205. The minimum absolute atomic E-state index is 0.205. The van der Waals surface area contributed by atoms with Crippen LogP contribution in [-0.2, 0) is 6.42 Å². The van der Waals surface area contributed by atoms with Crippen molar-refractivity contribution in [3.63, 3.8) is 0 Å². The van der Waals surface area contributed by atoms with Crippen LogP contribution in [-0.4, -0.2) is 28.9 Å². The molecule has 0 bridgehead atoms. The molecule has 1 aliphatic rings. The van der Waals surface area contributed by atoms with E-state index in [1.54, 1.807) is 18.2 Å². The van der Waals surface area contributed by atoms with Crippen LogP contribution in [0, 0.1) is 0 Å². The SMILES string of the molecule is Oc1ccc(Cl)cc1CC1(O)CCNCC1. The number of benzene rings is 1. The molecular weight excluding hydrogens is 226 g/mol. The van der Waals surface area contributed by atoms with Gasteiger partial charge in [0.1, 0.15) is 5.75 Å². The van der Waals surface area contributed by atoms with E-state index in [1.807, 2.05) is 0 Å². The quantitative estimate of drug-likeness (QED) is 0.739. The summed E-state index contributed by atoms with van der Waals surface area (Å²) in [6.07, 6.45) is 1.87.